The predicted octanol–water partition coefficient (Wildman–Crippen LogP) is 3.59. The summed E-state index contributed by atoms with van der Waals surface area (Å²) in [5, 5.41) is 0. The van der Waals surface area contributed by atoms with Crippen LogP contribution < -0.4 is 10.5 Å². The molecule has 3 heteroatoms. The lowest BCUT2D eigenvalue weighted by molar-refractivity contribution is 0.138. The van der Waals surface area contributed by atoms with Crippen LogP contribution in [0.1, 0.15) is 51.6 Å². The van der Waals surface area contributed by atoms with Crippen LogP contribution in [-0.2, 0) is 0 Å². The van der Waals surface area contributed by atoms with Gasteiger partial charge in [0.25, 0.3) is 0 Å². The number of para-hydroxylation sites is 1. The van der Waals surface area contributed by atoms with Gasteiger partial charge >= 0.3 is 0 Å². The number of rotatable bonds is 8. The largest absolute Gasteiger partial charge is 0.496 e. The van der Waals surface area contributed by atoms with E-state index in [2.05, 4.69) is 44.9 Å². The van der Waals surface area contributed by atoms with Gasteiger partial charge in [0.2, 0.25) is 0 Å². The fraction of sp³-hybridized carbons (Fsp3) is 0.647. The molecule has 3 nitrogen and oxygen atoms in total. The number of methoxy groups -OCH3 is 1. The number of likely N-dealkylation sites (N-methyl/N-ethyl adjacent to an activating group) is 1. The summed E-state index contributed by atoms with van der Waals surface area (Å²) in [7, 11) is 3.91. The lowest BCUT2D eigenvalue weighted by Gasteiger charge is -2.38. The van der Waals surface area contributed by atoms with Gasteiger partial charge in [-0.25, -0.2) is 0 Å². The average Bonchev–Trinajstić information content (AvgIpc) is 2.49. The Kier molecular flexibility index (Phi) is 7.03. The Morgan fingerprint density at radius 1 is 1.10 bits per heavy atom. The summed E-state index contributed by atoms with van der Waals surface area (Å²) in [5.41, 5.74) is 7.62. The molecule has 1 aromatic rings. The maximum Gasteiger partial charge on any atom is 0.123 e. The minimum Gasteiger partial charge on any atom is -0.496 e. The zero-order valence-corrected chi connectivity index (χ0v) is 13.6. The van der Waals surface area contributed by atoms with Gasteiger partial charge in [0, 0.05) is 17.6 Å². The molecule has 1 rings (SSSR count). The van der Waals surface area contributed by atoms with Crippen LogP contribution in [-0.4, -0.2) is 31.1 Å². The third kappa shape index (κ3) is 3.74. The van der Waals surface area contributed by atoms with E-state index in [1.54, 1.807) is 7.11 Å². The van der Waals surface area contributed by atoms with Crippen LogP contribution in [0.4, 0.5) is 0 Å². The molecule has 0 spiro atoms. The number of benzene rings is 1. The molecule has 2 N–H and O–H groups in total. The van der Waals surface area contributed by atoms with Crippen LogP contribution in [0.5, 0.6) is 5.75 Å². The van der Waals surface area contributed by atoms with E-state index in [4.69, 9.17) is 10.5 Å². The van der Waals surface area contributed by atoms with E-state index in [1.165, 1.54) is 5.56 Å². The number of nitrogens with zero attached hydrogens (tertiary/aromatic N) is 1. The normalized spacial score (nSPS) is 14.6. The number of ether oxygens (including phenoxy) is 1. The van der Waals surface area contributed by atoms with E-state index in [9.17, 15) is 0 Å². The molecular weight excluding hydrogens is 248 g/mol. The van der Waals surface area contributed by atoms with Gasteiger partial charge in [-0.05, 0) is 32.4 Å². The monoisotopic (exact) mass is 278 g/mol. The molecule has 0 bridgehead atoms. The molecule has 1 aromatic carbocycles. The number of hydrogen-bond acceptors (Lipinski definition) is 3. The fourth-order valence-electron chi connectivity index (χ4n) is 2.98. The van der Waals surface area contributed by atoms with Crippen molar-refractivity contribution in [2.24, 2.45) is 5.73 Å². The van der Waals surface area contributed by atoms with Crippen LogP contribution in [0.15, 0.2) is 24.3 Å². The summed E-state index contributed by atoms with van der Waals surface area (Å²) >= 11 is 0. The highest BCUT2D eigenvalue weighted by atomic mass is 16.5. The third-order valence-corrected chi connectivity index (χ3v) is 4.29. The summed E-state index contributed by atoms with van der Waals surface area (Å²) in [5.74, 6) is 0.930. The molecular formula is C17H30N2O. The first kappa shape index (κ1) is 17.0. The standard InChI is InChI=1S/C17H30N2O/c1-6-13(7-2)19(4)17(15(18)8-3)14-11-9-10-12-16(14)20-5/h9-13,15,17H,6-8,18H2,1-5H3. The molecule has 0 radical (unpaired) electrons. The second-order valence-corrected chi connectivity index (χ2v) is 5.39. The predicted molar refractivity (Wildman–Crippen MR) is 86.1 cm³/mol. The molecule has 0 aliphatic heterocycles. The molecule has 0 saturated heterocycles. The van der Waals surface area contributed by atoms with Crippen LogP contribution in [0, 0.1) is 0 Å². The molecule has 0 amide bonds. The molecule has 114 valence electrons. The van der Waals surface area contributed by atoms with Crippen molar-refractivity contribution in [1.82, 2.24) is 4.90 Å². The molecule has 20 heavy (non-hydrogen) atoms. The zero-order valence-electron chi connectivity index (χ0n) is 13.6. The Labute approximate surface area is 124 Å². The van der Waals surface area contributed by atoms with Crippen molar-refractivity contribution in [2.45, 2.75) is 58.2 Å². The van der Waals surface area contributed by atoms with Crippen molar-refractivity contribution in [1.29, 1.82) is 0 Å². The first-order valence-electron chi connectivity index (χ1n) is 7.70. The van der Waals surface area contributed by atoms with Gasteiger partial charge in [0.05, 0.1) is 13.2 Å². The van der Waals surface area contributed by atoms with Crippen molar-refractivity contribution >= 4 is 0 Å². The molecule has 0 fully saturated rings. The van der Waals surface area contributed by atoms with E-state index >= 15 is 0 Å². The second-order valence-electron chi connectivity index (χ2n) is 5.39. The van der Waals surface area contributed by atoms with Gasteiger partial charge in [0.15, 0.2) is 0 Å². The smallest absolute Gasteiger partial charge is 0.123 e. The molecule has 0 saturated carbocycles. The van der Waals surface area contributed by atoms with Gasteiger partial charge in [-0.2, -0.15) is 0 Å². The Balaban J connectivity index is 3.18. The summed E-state index contributed by atoms with van der Waals surface area (Å²) in [6, 6.07) is 9.08. The molecule has 0 aliphatic carbocycles. The Hall–Kier alpha value is -1.06. The fourth-order valence-corrected chi connectivity index (χ4v) is 2.98. The van der Waals surface area contributed by atoms with Crippen LogP contribution in [0.25, 0.3) is 0 Å². The van der Waals surface area contributed by atoms with Crippen LogP contribution in [0.2, 0.25) is 0 Å². The summed E-state index contributed by atoms with van der Waals surface area (Å²) in [6.07, 6.45) is 3.22. The summed E-state index contributed by atoms with van der Waals surface area (Å²) in [6.45, 7) is 6.62. The second kappa shape index (κ2) is 8.28. The van der Waals surface area contributed by atoms with Crippen LogP contribution in [0.3, 0.4) is 0 Å². The first-order valence-corrected chi connectivity index (χ1v) is 7.70. The van der Waals surface area contributed by atoms with Gasteiger partial charge in [-0.1, -0.05) is 39.0 Å². The minimum absolute atomic E-state index is 0.108. The summed E-state index contributed by atoms with van der Waals surface area (Å²) < 4.78 is 5.54. The maximum atomic E-state index is 6.42. The Morgan fingerprint density at radius 3 is 2.20 bits per heavy atom. The quantitative estimate of drug-likeness (QED) is 0.789. The van der Waals surface area contributed by atoms with E-state index in [-0.39, 0.29) is 12.1 Å². The lowest BCUT2D eigenvalue weighted by atomic mass is 9.93. The van der Waals surface area contributed by atoms with Crippen molar-refractivity contribution in [2.75, 3.05) is 14.2 Å². The molecule has 0 aliphatic rings. The molecule has 2 unspecified atom stereocenters. The SMILES string of the molecule is CCC(N)C(c1ccccc1OC)N(C)C(CC)CC. The van der Waals surface area contributed by atoms with Crippen molar-refractivity contribution < 1.29 is 4.74 Å². The minimum atomic E-state index is 0.108. The van der Waals surface area contributed by atoms with Crippen molar-refractivity contribution in [3.05, 3.63) is 29.8 Å². The highest BCUT2D eigenvalue weighted by Gasteiger charge is 2.28. The van der Waals surface area contributed by atoms with Gasteiger partial charge in [-0.3, -0.25) is 4.90 Å². The zero-order chi connectivity index (χ0) is 15.1. The van der Waals surface area contributed by atoms with Gasteiger partial charge < -0.3 is 10.5 Å². The average molecular weight is 278 g/mol. The molecule has 2 atom stereocenters. The van der Waals surface area contributed by atoms with E-state index < -0.39 is 0 Å². The number of nitrogens with two attached hydrogens (primary N) is 1. The first-order chi connectivity index (χ1) is 9.60. The summed E-state index contributed by atoms with van der Waals surface area (Å²) in [4.78, 5) is 2.42. The van der Waals surface area contributed by atoms with E-state index in [0.29, 0.717) is 6.04 Å². The Bertz CT molecular complexity index is 390. The van der Waals surface area contributed by atoms with Gasteiger partial charge in [0.1, 0.15) is 5.75 Å². The Morgan fingerprint density at radius 2 is 1.70 bits per heavy atom. The maximum absolute atomic E-state index is 6.42. The number of hydrogen-bond donors (Lipinski definition) is 1. The third-order valence-electron chi connectivity index (χ3n) is 4.29. The van der Waals surface area contributed by atoms with E-state index in [1.807, 2.05) is 12.1 Å². The van der Waals surface area contributed by atoms with Crippen molar-refractivity contribution in [3.8, 4) is 5.75 Å². The topological polar surface area (TPSA) is 38.5 Å². The highest BCUT2D eigenvalue weighted by Crippen LogP contribution is 2.33. The van der Waals surface area contributed by atoms with E-state index in [0.717, 1.165) is 25.0 Å². The molecule has 0 heterocycles. The van der Waals surface area contributed by atoms with Crippen LogP contribution >= 0.6 is 0 Å². The molecule has 0 aromatic heterocycles. The lowest BCUT2D eigenvalue weighted by Crippen LogP contribution is -2.43. The highest BCUT2D eigenvalue weighted by molar-refractivity contribution is 5.36. The van der Waals surface area contributed by atoms with Crippen molar-refractivity contribution in [3.63, 3.8) is 0 Å². The van der Waals surface area contributed by atoms with Gasteiger partial charge in [-0.15, -0.1) is 0 Å².